The molecular weight excluding hydrogens is 506 g/mol. The lowest BCUT2D eigenvalue weighted by atomic mass is 10.0. The highest BCUT2D eigenvalue weighted by Crippen LogP contribution is 3.02. The number of hydrogen-bond acceptors (Lipinski definition) is 8. The summed E-state index contributed by atoms with van der Waals surface area (Å²) in [6, 6.07) is -0.195. The predicted molar refractivity (Wildman–Crippen MR) is 90.9 cm³/mol. The lowest BCUT2D eigenvalue weighted by Crippen LogP contribution is -2.42. The van der Waals surface area contributed by atoms with Crippen LogP contribution in [-0.2, 0) is 23.9 Å². The average Bonchev–Trinajstić information content (AvgIpc) is 2.61. The molecule has 2 unspecified atom stereocenters. The largest absolute Gasteiger partial charge is 0.475 e. The van der Waals surface area contributed by atoms with Crippen molar-refractivity contribution in [1.82, 2.24) is 0 Å². The zero-order chi connectivity index (χ0) is 25.5. The van der Waals surface area contributed by atoms with Crippen LogP contribution in [0.3, 0.4) is 0 Å². The zero-order valence-corrected chi connectivity index (χ0v) is 16.6. The fraction of sp³-hybridized carbons (Fsp3) is 0.333. The maximum atomic E-state index is 13.4. The summed E-state index contributed by atoms with van der Waals surface area (Å²) in [5.74, 6) is -4.11. The van der Waals surface area contributed by atoms with Crippen LogP contribution in [0.25, 0.3) is 6.08 Å². The molecule has 18 heteroatoms. The van der Waals surface area contributed by atoms with Gasteiger partial charge in [-0.05, 0) is 24.3 Å². The lowest BCUT2D eigenvalue weighted by molar-refractivity contribution is -0.760. The van der Waals surface area contributed by atoms with Crippen molar-refractivity contribution in [1.29, 1.82) is 0 Å². The van der Waals surface area contributed by atoms with Crippen LogP contribution in [-0.4, -0.2) is 42.2 Å². The number of hydrogen-bond donors (Lipinski definition) is 0. The van der Waals surface area contributed by atoms with E-state index in [1.807, 2.05) is 0 Å². The van der Waals surface area contributed by atoms with Crippen LogP contribution in [0.4, 0.5) is 32.6 Å². The molecule has 0 radical (unpaired) electrons. The van der Waals surface area contributed by atoms with Gasteiger partial charge in [-0.15, -0.1) is 10.1 Å². The molecule has 2 atom stereocenters. The van der Waals surface area contributed by atoms with Gasteiger partial charge in [0.2, 0.25) is 6.10 Å². The Balaban J connectivity index is 2.49. The van der Waals surface area contributed by atoms with Crippen molar-refractivity contribution in [3.63, 3.8) is 0 Å². The number of carbonyl (C=O) groups is 2. The summed E-state index contributed by atoms with van der Waals surface area (Å²) in [6.07, 6.45) is -10.6. The molecule has 1 aliphatic heterocycles. The van der Waals surface area contributed by atoms with Crippen molar-refractivity contribution in [2.24, 2.45) is 0 Å². The molecule has 1 heterocycles. The smallest absolute Gasteiger partial charge is 0.430 e. The number of fused-ring (bicyclic) bond motifs is 1. The number of alkyl halides is 3. The quantitative estimate of drug-likeness (QED) is 0.168. The Bertz CT molecular complexity index is 1020. The van der Waals surface area contributed by atoms with E-state index in [1.54, 1.807) is 0 Å². The first-order valence-electron chi connectivity index (χ1n) is 8.16. The molecule has 1 aromatic carbocycles. The van der Waals surface area contributed by atoms with Gasteiger partial charge in [-0.2, -0.15) is 13.2 Å². The molecule has 0 aromatic heterocycles. The highest BCUT2D eigenvalue weighted by atomic mass is 32.5. The van der Waals surface area contributed by atoms with E-state index in [9.17, 15) is 52.3 Å². The first-order valence-corrected chi connectivity index (χ1v) is 10.1. The SMILES string of the molecule is CC(=O)OC(CO[N+](=O)[O-])OC(=O)C1=Cc2cc(S(F)(F)(F)(F)F)ccc2OC1C(F)(F)F. The molecule has 0 aliphatic carbocycles. The summed E-state index contributed by atoms with van der Waals surface area (Å²) in [7, 11) is -10.2. The van der Waals surface area contributed by atoms with Gasteiger partial charge in [-0.25, -0.2) is 4.79 Å². The molecule has 0 saturated carbocycles. The Morgan fingerprint density at radius 3 is 2.27 bits per heavy atom. The maximum Gasteiger partial charge on any atom is 0.430 e. The standard InChI is InChI=1S/C15H11F8NO8S/c1-7(25)30-12(6-29-24(27)28)32-14(26)10-5-8-4-9(33(19,20,21,22)23)2-3-11(8)31-13(10)15(16,17)18/h2-5,12-13H,6H2,1H3. The molecule has 0 fully saturated rings. The molecule has 2 rings (SSSR count). The normalized spacial score (nSPS) is 18.9. The lowest BCUT2D eigenvalue weighted by Gasteiger charge is -2.41. The minimum Gasteiger partial charge on any atom is -0.475 e. The highest BCUT2D eigenvalue weighted by molar-refractivity contribution is 8.45. The number of carbonyl (C=O) groups excluding carboxylic acids is 2. The van der Waals surface area contributed by atoms with Gasteiger partial charge in [0, 0.05) is 12.5 Å². The number of rotatable bonds is 7. The molecule has 0 bridgehead atoms. The first-order chi connectivity index (χ1) is 14.7. The van der Waals surface area contributed by atoms with Crippen molar-refractivity contribution in [3.8, 4) is 5.75 Å². The fourth-order valence-electron chi connectivity index (χ4n) is 2.42. The molecule has 0 spiro atoms. The van der Waals surface area contributed by atoms with Gasteiger partial charge < -0.3 is 19.0 Å². The molecule has 1 aromatic rings. The van der Waals surface area contributed by atoms with Gasteiger partial charge in [0.15, 0.2) is 6.61 Å². The number of ether oxygens (including phenoxy) is 3. The van der Waals surface area contributed by atoms with E-state index in [0.29, 0.717) is 0 Å². The summed E-state index contributed by atoms with van der Waals surface area (Å²) in [5, 5.41) is 8.82. The minimum atomic E-state index is -10.2. The van der Waals surface area contributed by atoms with Gasteiger partial charge in [0.1, 0.15) is 10.6 Å². The van der Waals surface area contributed by atoms with Crippen molar-refractivity contribution in [2.45, 2.75) is 30.4 Å². The fourth-order valence-corrected chi connectivity index (χ4v) is 3.09. The molecule has 0 saturated heterocycles. The molecule has 0 amide bonds. The third-order valence-electron chi connectivity index (χ3n) is 3.65. The van der Waals surface area contributed by atoms with Crippen LogP contribution < -0.4 is 4.74 Å². The molecule has 186 valence electrons. The van der Waals surface area contributed by atoms with Gasteiger partial charge in [-0.3, -0.25) is 4.79 Å². The number of nitrogens with zero attached hydrogens (tertiary/aromatic N) is 1. The second-order valence-electron chi connectivity index (χ2n) is 6.27. The summed E-state index contributed by atoms with van der Waals surface area (Å²) in [5.41, 5.74) is -2.49. The third kappa shape index (κ3) is 6.83. The van der Waals surface area contributed by atoms with E-state index in [0.717, 1.165) is 6.92 Å². The van der Waals surface area contributed by atoms with Crippen LogP contribution in [0.5, 0.6) is 5.75 Å². The van der Waals surface area contributed by atoms with Crippen molar-refractivity contribution in [2.75, 3.05) is 6.61 Å². The van der Waals surface area contributed by atoms with Gasteiger partial charge >= 0.3 is 28.3 Å². The Kier molecular flexibility index (Phi) is 6.00. The van der Waals surface area contributed by atoms with Crippen molar-refractivity contribution < 1.29 is 66.3 Å². The minimum absolute atomic E-state index is 0.158. The Morgan fingerprint density at radius 2 is 1.79 bits per heavy atom. The van der Waals surface area contributed by atoms with Crippen LogP contribution in [0.1, 0.15) is 12.5 Å². The Morgan fingerprint density at radius 1 is 1.18 bits per heavy atom. The van der Waals surface area contributed by atoms with Gasteiger partial charge in [-0.1, -0.05) is 19.4 Å². The van der Waals surface area contributed by atoms with Crippen LogP contribution in [0.2, 0.25) is 0 Å². The monoisotopic (exact) mass is 517 g/mol. The van der Waals surface area contributed by atoms with Crippen molar-refractivity contribution in [3.05, 3.63) is 39.4 Å². The van der Waals surface area contributed by atoms with E-state index in [1.165, 1.54) is 0 Å². The van der Waals surface area contributed by atoms with Crippen LogP contribution in [0.15, 0.2) is 28.7 Å². The average molecular weight is 517 g/mol. The molecule has 1 aliphatic rings. The van der Waals surface area contributed by atoms with Gasteiger partial charge in [0.25, 0.3) is 11.4 Å². The Labute approximate surface area is 177 Å². The molecule has 0 N–H and O–H groups in total. The second kappa shape index (κ2) is 7.63. The Hall–Kier alpha value is -3.31. The summed E-state index contributed by atoms with van der Waals surface area (Å²) in [6.45, 7) is -0.527. The summed E-state index contributed by atoms with van der Waals surface area (Å²) < 4.78 is 119. The van der Waals surface area contributed by atoms with Crippen LogP contribution >= 0.6 is 10.2 Å². The summed E-state index contributed by atoms with van der Waals surface area (Å²) >= 11 is 0. The first kappa shape index (κ1) is 25.9. The van der Waals surface area contributed by atoms with Gasteiger partial charge in [0.05, 0.1) is 5.57 Å². The third-order valence-corrected chi connectivity index (χ3v) is 4.79. The van der Waals surface area contributed by atoms with Crippen LogP contribution in [0, 0.1) is 10.1 Å². The number of esters is 2. The molecule has 33 heavy (non-hydrogen) atoms. The molecule has 9 nitrogen and oxygen atoms in total. The molecular formula is C15H11F8NO8S. The maximum absolute atomic E-state index is 13.4. The topological polar surface area (TPSA) is 114 Å². The van der Waals surface area contributed by atoms with E-state index in [2.05, 4.69) is 19.0 Å². The van der Waals surface area contributed by atoms with E-state index in [4.69, 9.17) is 0 Å². The predicted octanol–water partition coefficient (Wildman–Crippen LogP) is 4.69. The second-order valence-corrected chi connectivity index (χ2v) is 8.68. The summed E-state index contributed by atoms with van der Waals surface area (Å²) in [4.78, 5) is 34.8. The van der Waals surface area contributed by atoms with E-state index >= 15 is 0 Å². The number of benzene rings is 1. The van der Waals surface area contributed by atoms with Crippen molar-refractivity contribution >= 4 is 28.2 Å². The van der Waals surface area contributed by atoms with E-state index in [-0.39, 0.29) is 24.3 Å². The van der Waals surface area contributed by atoms with E-state index < -0.39 is 74.2 Å². The highest BCUT2D eigenvalue weighted by Gasteiger charge is 2.65. The zero-order valence-electron chi connectivity index (χ0n) is 15.8. The number of halogens is 8.